The summed E-state index contributed by atoms with van der Waals surface area (Å²) in [6.07, 6.45) is 1.49. The van der Waals surface area contributed by atoms with Gasteiger partial charge in [-0.05, 0) is 49.6 Å². The van der Waals surface area contributed by atoms with E-state index in [1.165, 1.54) is 0 Å². The van der Waals surface area contributed by atoms with Gasteiger partial charge in [0.15, 0.2) is 11.6 Å². The van der Waals surface area contributed by atoms with Crippen LogP contribution in [0.2, 0.25) is 5.02 Å². The normalized spacial score (nSPS) is 15.1. The average Bonchev–Trinajstić information content (AvgIpc) is 2.61. The number of ether oxygens (including phenoxy) is 1. The molecule has 1 fully saturated rings. The summed E-state index contributed by atoms with van der Waals surface area (Å²) in [7, 11) is 0. The van der Waals surface area contributed by atoms with Crippen LogP contribution in [0.25, 0.3) is 0 Å². The van der Waals surface area contributed by atoms with Crippen molar-refractivity contribution in [2.45, 2.75) is 19.8 Å². The molecule has 2 N–H and O–H groups in total. The molecule has 7 heteroatoms. The van der Waals surface area contributed by atoms with Gasteiger partial charge >= 0.3 is 0 Å². The molecular weight excluding hydrogens is 328 g/mol. The van der Waals surface area contributed by atoms with E-state index in [0.717, 1.165) is 24.1 Å². The van der Waals surface area contributed by atoms with Crippen molar-refractivity contribution in [3.8, 4) is 0 Å². The van der Waals surface area contributed by atoms with Gasteiger partial charge < -0.3 is 15.4 Å². The van der Waals surface area contributed by atoms with Gasteiger partial charge in [0.25, 0.3) is 0 Å². The minimum absolute atomic E-state index is 0.0203. The van der Waals surface area contributed by atoms with Gasteiger partial charge in [0.1, 0.15) is 0 Å². The molecule has 2 heterocycles. The number of benzene rings is 1. The van der Waals surface area contributed by atoms with Crippen LogP contribution in [-0.2, 0) is 9.53 Å². The SMILES string of the molecule is Cc1ccc(Nc2ccc(NC(=O)C3CCOCC3)nn2)cc1Cl. The number of amides is 1. The van der Waals surface area contributed by atoms with Crippen molar-refractivity contribution < 1.29 is 9.53 Å². The standard InChI is InChI=1S/C17H19ClN4O2/c1-11-2-3-13(10-14(11)18)19-15-4-5-16(22-21-15)20-17(23)12-6-8-24-9-7-12/h2-5,10,12H,6-9H2,1H3,(H,19,21)(H,20,22,23). The minimum atomic E-state index is -0.0291. The predicted octanol–water partition coefficient (Wildman–Crippen LogP) is 3.55. The maximum absolute atomic E-state index is 12.1. The van der Waals surface area contributed by atoms with Crippen molar-refractivity contribution >= 4 is 34.8 Å². The second-order valence-electron chi connectivity index (χ2n) is 5.77. The van der Waals surface area contributed by atoms with Crippen LogP contribution < -0.4 is 10.6 Å². The van der Waals surface area contributed by atoms with Crippen molar-refractivity contribution in [3.63, 3.8) is 0 Å². The van der Waals surface area contributed by atoms with Crippen LogP contribution in [0, 0.1) is 12.8 Å². The number of hydrogen-bond acceptors (Lipinski definition) is 5. The lowest BCUT2D eigenvalue weighted by molar-refractivity contribution is -0.122. The molecule has 1 saturated heterocycles. The van der Waals surface area contributed by atoms with E-state index < -0.39 is 0 Å². The highest BCUT2D eigenvalue weighted by Crippen LogP contribution is 2.22. The van der Waals surface area contributed by atoms with Crippen molar-refractivity contribution in [3.05, 3.63) is 40.9 Å². The number of anilines is 3. The minimum Gasteiger partial charge on any atom is -0.381 e. The van der Waals surface area contributed by atoms with Gasteiger partial charge in [-0.1, -0.05) is 17.7 Å². The third-order valence-corrected chi connectivity index (χ3v) is 4.36. The number of aryl methyl sites for hydroxylation is 1. The van der Waals surface area contributed by atoms with Gasteiger partial charge in [0.05, 0.1) is 0 Å². The zero-order valence-corrected chi connectivity index (χ0v) is 14.1. The largest absolute Gasteiger partial charge is 0.381 e. The molecule has 1 aliphatic rings. The summed E-state index contributed by atoms with van der Waals surface area (Å²) in [5, 5.41) is 14.7. The molecule has 3 rings (SSSR count). The van der Waals surface area contributed by atoms with E-state index in [1.807, 2.05) is 25.1 Å². The van der Waals surface area contributed by atoms with E-state index in [2.05, 4.69) is 20.8 Å². The summed E-state index contributed by atoms with van der Waals surface area (Å²) >= 11 is 6.10. The Morgan fingerprint density at radius 3 is 2.54 bits per heavy atom. The summed E-state index contributed by atoms with van der Waals surface area (Å²) in [5.41, 5.74) is 1.85. The highest BCUT2D eigenvalue weighted by atomic mass is 35.5. The quantitative estimate of drug-likeness (QED) is 0.885. The lowest BCUT2D eigenvalue weighted by Gasteiger charge is -2.20. The van der Waals surface area contributed by atoms with Gasteiger partial charge in [0, 0.05) is 29.8 Å². The number of rotatable bonds is 4. The smallest absolute Gasteiger partial charge is 0.228 e. The van der Waals surface area contributed by atoms with E-state index in [1.54, 1.807) is 12.1 Å². The Labute approximate surface area is 145 Å². The number of hydrogen-bond donors (Lipinski definition) is 2. The maximum atomic E-state index is 12.1. The molecule has 1 aromatic carbocycles. The summed E-state index contributed by atoms with van der Waals surface area (Å²) in [4.78, 5) is 12.1. The molecule has 0 unspecified atom stereocenters. The number of carbonyl (C=O) groups is 1. The number of carbonyl (C=O) groups excluding carboxylic acids is 1. The van der Waals surface area contributed by atoms with Crippen molar-refractivity contribution in [2.24, 2.45) is 5.92 Å². The topological polar surface area (TPSA) is 76.1 Å². The zero-order valence-electron chi connectivity index (χ0n) is 13.4. The Hall–Kier alpha value is -2.18. The highest BCUT2D eigenvalue weighted by Gasteiger charge is 2.21. The first kappa shape index (κ1) is 16.7. The zero-order chi connectivity index (χ0) is 16.9. The van der Waals surface area contributed by atoms with Crippen molar-refractivity contribution in [1.82, 2.24) is 10.2 Å². The number of nitrogens with one attached hydrogen (secondary N) is 2. The molecule has 0 bridgehead atoms. The van der Waals surface area contributed by atoms with Crippen LogP contribution in [0.15, 0.2) is 30.3 Å². The average molecular weight is 347 g/mol. The fourth-order valence-electron chi connectivity index (χ4n) is 2.47. The van der Waals surface area contributed by atoms with Crippen LogP contribution in [-0.4, -0.2) is 29.3 Å². The van der Waals surface area contributed by atoms with Crippen molar-refractivity contribution in [2.75, 3.05) is 23.8 Å². The molecule has 2 aromatic rings. The lowest BCUT2D eigenvalue weighted by Crippen LogP contribution is -2.28. The van der Waals surface area contributed by atoms with Gasteiger partial charge in [-0.25, -0.2) is 0 Å². The summed E-state index contributed by atoms with van der Waals surface area (Å²) in [6, 6.07) is 9.17. The molecule has 24 heavy (non-hydrogen) atoms. The van der Waals surface area contributed by atoms with Crippen LogP contribution in [0.3, 0.4) is 0 Å². The van der Waals surface area contributed by atoms with E-state index in [0.29, 0.717) is 29.9 Å². The van der Waals surface area contributed by atoms with Crippen LogP contribution in [0.4, 0.5) is 17.3 Å². The summed E-state index contributed by atoms with van der Waals surface area (Å²) < 4.78 is 5.26. The van der Waals surface area contributed by atoms with Crippen molar-refractivity contribution in [1.29, 1.82) is 0 Å². The highest BCUT2D eigenvalue weighted by molar-refractivity contribution is 6.31. The van der Waals surface area contributed by atoms with Gasteiger partial charge in [-0.2, -0.15) is 0 Å². The first-order valence-corrected chi connectivity index (χ1v) is 8.25. The third kappa shape index (κ3) is 4.21. The Kier molecular flexibility index (Phi) is 5.27. The van der Waals surface area contributed by atoms with Gasteiger partial charge in [0.2, 0.25) is 5.91 Å². The molecule has 0 aliphatic carbocycles. The molecule has 0 atom stereocenters. The molecule has 1 aliphatic heterocycles. The molecule has 1 aromatic heterocycles. The maximum Gasteiger partial charge on any atom is 0.228 e. The van der Waals surface area contributed by atoms with Crippen LogP contribution in [0.5, 0.6) is 0 Å². The number of nitrogens with zero attached hydrogens (tertiary/aromatic N) is 2. The predicted molar refractivity (Wildman–Crippen MR) is 93.7 cm³/mol. The van der Waals surface area contributed by atoms with Gasteiger partial charge in [-0.15, -0.1) is 10.2 Å². The monoisotopic (exact) mass is 346 g/mol. The summed E-state index contributed by atoms with van der Waals surface area (Å²) in [5.74, 6) is 0.977. The third-order valence-electron chi connectivity index (χ3n) is 3.95. The molecular formula is C17H19ClN4O2. The number of halogens is 1. The van der Waals surface area contributed by atoms with E-state index in [-0.39, 0.29) is 11.8 Å². The lowest BCUT2D eigenvalue weighted by atomic mass is 9.99. The molecule has 0 saturated carbocycles. The second-order valence-corrected chi connectivity index (χ2v) is 6.18. The molecule has 0 spiro atoms. The second kappa shape index (κ2) is 7.59. The molecule has 1 amide bonds. The Morgan fingerprint density at radius 2 is 1.88 bits per heavy atom. The summed E-state index contributed by atoms with van der Waals surface area (Å²) in [6.45, 7) is 3.21. The Morgan fingerprint density at radius 1 is 1.17 bits per heavy atom. The van der Waals surface area contributed by atoms with E-state index in [4.69, 9.17) is 16.3 Å². The molecule has 0 radical (unpaired) electrons. The van der Waals surface area contributed by atoms with Gasteiger partial charge in [-0.3, -0.25) is 4.79 Å². The van der Waals surface area contributed by atoms with Crippen LogP contribution >= 0.6 is 11.6 Å². The fourth-order valence-corrected chi connectivity index (χ4v) is 2.65. The number of aromatic nitrogens is 2. The molecule has 126 valence electrons. The van der Waals surface area contributed by atoms with E-state index in [9.17, 15) is 4.79 Å². The first-order valence-electron chi connectivity index (χ1n) is 7.87. The Bertz CT molecular complexity index is 715. The van der Waals surface area contributed by atoms with E-state index >= 15 is 0 Å². The first-order chi connectivity index (χ1) is 11.6. The van der Waals surface area contributed by atoms with Crippen LogP contribution in [0.1, 0.15) is 18.4 Å². The Balaban J connectivity index is 1.60. The molecule has 6 nitrogen and oxygen atoms in total. The fraction of sp³-hybridized carbons (Fsp3) is 0.353.